The van der Waals surface area contributed by atoms with Gasteiger partial charge in [0.1, 0.15) is 22.4 Å². The van der Waals surface area contributed by atoms with Gasteiger partial charge in [0.15, 0.2) is 0 Å². The van der Waals surface area contributed by atoms with Crippen molar-refractivity contribution >= 4 is 27.6 Å². The second kappa shape index (κ2) is 8.59. The number of amides is 1. The Balaban J connectivity index is 1.65. The van der Waals surface area contributed by atoms with Crippen LogP contribution in [-0.4, -0.2) is 54.8 Å². The highest BCUT2D eigenvalue weighted by Crippen LogP contribution is 2.43. The van der Waals surface area contributed by atoms with Gasteiger partial charge >= 0.3 is 6.36 Å². The zero-order valence-electron chi connectivity index (χ0n) is 18.6. The molecule has 1 aromatic heterocycles. The van der Waals surface area contributed by atoms with Gasteiger partial charge in [-0.2, -0.15) is 0 Å². The lowest BCUT2D eigenvalue weighted by Gasteiger charge is -2.47. The van der Waals surface area contributed by atoms with Gasteiger partial charge in [-0.1, -0.05) is 0 Å². The molecule has 0 aliphatic carbocycles. The number of nitrogens with one attached hydrogen (secondary N) is 3. The molecule has 188 valence electrons. The molecule has 2 aromatic rings. The molecule has 0 saturated carbocycles. The van der Waals surface area contributed by atoms with Crippen LogP contribution in [0.1, 0.15) is 35.8 Å². The number of anilines is 1. The van der Waals surface area contributed by atoms with Crippen molar-refractivity contribution in [2.75, 3.05) is 19.0 Å². The molecule has 35 heavy (non-hydrogen) atoms. The van der Waals surface area contributed by atoms with Crippen molar-refractivity contribution in [2.45, 2.75) is 36.9 Å². The third-order valence-electron chi connectivity index (χ3n) is 5.95. The van der Waals surface area contributed by atoms with E-state index in [1.807, 2.05) is 0 Å². The predicted molar refractivity (Wildman–Crippen MR) is 119 cm³/mol. The molecule has 3 N–H and O–H groups in total. The number of sulfonamides is 1. The van der Waals surface area contributed by atoms with E-state index in [-0.39, 0.29) is 30.4 Å². The van der Waals surface area contributed by atoms with E-state index in [2.05, 4.69) is 20.4 Å². The number of carbonyl (C=O) groups is 1. The number of alkyl halides is 3. The first kappa shape index (κ1) is 24.6. The van der Waals surface area contributed by atoms with Crippen molar-refractivity contribution in [1.82, 2.24) is 14.6 Å². The smallest absolute Gasteiger partial charge is 0.493 e. The van der Waals surface area contributed by atoms with E-state index in [0.717, 1.165) is 22.6 Å². The summed E-state index contributed by atoms with van der Waals surface area (Å²) in [7, 11) is -2.53. The minimum atomic E-state index is -4.88. The van der Waals surface area contributed by atoms with Crippen LogP contribution in [0.3, 0.4) is 0 Å². The number of nitrogens with zero attached hydrogens (tertiary/aromatic N) is 2. The fourth-order valence-corrected chi connectivity index (χ4v) is 6.12. The normalized spacial score (nSPS) is 23.5. The predicted octanol–water partition coefficient (Wildman–Crippen LogP) is 2.79. The van der Waals surface area contributed by atoms with Crippen LogP contribution >= 0.6 is 0 Å². The average molecular weight is 513 g/mol. The molecule has 0 radical (unpaired) electrons. The first-order valence-electron chi connectivity index (χ1n) is 10.5. The highest BCUT2D eigenvalue weighted by Gasteiger charge is 2.52. The van der Waals surface area contributed by atoms with Gasteiger partial charge in [0.2, 0.25) is 16.0 Å². The Morgan fingerprint density at radius 1 is 1.34 bits per heavy atom. The molecule has 2 aliphatic rings. The third kappa shape index (κ3) is 4.70. The lowest BCUT2D eigenvalue weighted by Crippen LogP contribution is -2.66. The molecular weight excluding hydrogens is 491 g/mol. The maximum absolute atomic E-state index is 13.1. The van der Waals surface area contributed by atoms with Crippen LogP contribution in [0.15, 0.2) is 36.5 Å². The molecule has 1 fully saturated rings. The number of pyridine rings is 1. The zero-order valence-corrected chi connectivity index (χ0v) is 19.5. The maximum atomic E-state index is 13.1. The Labute approximate surface area is 199 Å². The van der Waals surface area contributed by atoms with Gasteiger partial charge in [-0.3, -0.25) is 10.2 Å². The standard InChI is InChI=1S/C21H22F3N5O5S/c1-20-14-10-12(27-18(30)15-7-6-13(11-26-15)34-21(22,23)24)5-8-16(14)33-9-3-4-17(20)35(31,32)29(2)19(25)28-20/h5-8,10-11,17H,3-4,9H2,1-2H3,(H2,25,28)(H,27,30)/t17-,20+/m0/s1. The van der Waals surface area contributed by atoms with Crippen molar-refractivity contribution in [3.8, 4) is 11.5 Å². The van der Waals surface area contributed by atoms with E-state index in [0.29, 0.717) is 17.7 Å². The second-order valence-corrected chi connectivity index (χ2v) is 10.4. The monoisotopic (exact) mass is 513 g/mol. The summed E-state index contributed by atoms with van der Waals surface area (Å²) < 4.78 is 73.7. The summed E-state index contributed by atoms with van der Waals surface area (Å²) in [4.78, 5) is 16.3. The number of guanidine groups is 1. The molecule has 10 nitrogen and oxygen atoms in total. The summed E-state index contributed by atoms with van der Waals surface area (Å²) in [5, 5.41) is 12.8. The molecule has 4 rings (SSSR count). The molecule has 1 amide bonds. The lowest BCUT2D eigenvalue weighted by molar-refractivity contribution is -0.274. The average Bonchev–Trinajstić information content (AvgIpc) is 2.76. The molecule has 2 aliphatic heterocycles. The first-order valence-corrected chi connectivity index (χ1v) is 12.0. The molecule has 2 atom stereocenters. The number of halogens is 3. The largest absolute Gasteiger partial charge is 0.573 e. The first-order chi connectivity index (χ1) is 16.3. The van der Waals surface area contributed by atoms with Crippen LogP contribution in [0, 0.1) is 5.41 Å². The minimum absolute atomic E-state index is 0.159. The molecule has 3 heterocycles. The molecular formula is C21H22F3N5O5S. The molecule has 14 heteroatoms. The van der Waals surface area contributed by atoms with Crippen molar-refractivity contribution in [3.05, 3.63) is 47.8 Å². The van der Waals surface area contributed by atoms with Crippen LogP contribution < -0.4 is 20.1 Å². The van der Waals surface area contributed by atoms with E-state index >= 15 is 0 Å². The van der Waals surface area contributed by atoms with E-state index in [1.165, 1.54) is 7.05 Å². The van der Waals surface area contributed by atoms with Gasteiger partial charge in [-0.15, -0.1) is 13.2 Å². The highest BCUT2D eigenvalue weighted by atomic mass is 32.2. The topological polar surface area (TPSA) is 134 Å². The van der Waals surface area contributed by atoms with E-state index in [4.69, 9.17) is 10.1 Å². The van der Waals surface area contributed by atoms with Crippen molar-refractivity contribution in [1.29, 1.82) is 5.41 Å². The summed E-state index contributed by atoms with van der Waals surface area (Å²) in [5.74, 6) is -1.16. The summed E-state index contributed by atoms with van der Waals surface area (Å²) in [6, 6.07) is 6.73. The minimum Gasteiger partial charge on any atom is -0.493 e. The van der Waals surface area contributed by atoms with Gasteiger partial charge in [0.05, 0.1) is 18.3 Å². The highest BCUT2D eigenvalue weighted by molar-refractivity contribution is 7.90. The fourth-order valence-electron chi connectivity index (χ4n) is 4.19. The van der Waals surface area contributed by atoms with Crippen molar-refractivity contribution in [3.63, 3.8) is 0 Å². The Hall–Kier alpha value is -3.55. The quantitative estimate of drug-likeness (QED) is 0.575. The lowest BCUT2D eigenvalue weighted by atomic mass is 9.84. The summed E-state index contributed by atoms with van der Waals surface area (Å²) in [5.41, 5.74) is -0.676. The number of aromatic nitrogens is 1. The van der Waals surface area contributed by atoms with Crippen LogP contribution in [0.25, 0.3) is 0 Å². The summed E-state index contributed by atoms with van der Waals surface area (Å²) >= 11 is 0. The van der Waals surface area contributed by atoms with Crippen molar-refractivity contribution < 1.29 is 35.9 Å². The van der Waals surface area contributed by atoms with Crippen LogP contribution in [0.4, 0.5) is 18.9 Å². The summed E-state index contributed by atoms with van der Waals surface area (Å²) in [6.07, 6.45) is -3.33. The molecule has 0 spiro atoms. The summed E-state index contributed by atoms with van der Waals surface area (Å²) in [6.45, 7) is 1.95. The van der Waals surface area contributed by atoms with E-state index in [9.17, 15) is 26.4 Å². The van der Waals surface area contributed by atoms with Gasteiger partial charge in [0, 0.05) is 18.3 Å². The molecule has 1 saturated heterocycles. The van der Waals surface area contributed by atoms with Crippen LogP contribution in [0.2, 0.25) is 0 Å². The number of carbonyl (C=O) groups excluding carboxylic acids is 1. The Kier molecular flexibility index (Phi) is 6.03. The van der Waals surface area contributed by atoms with Gasteiger partial charge in [-0.05, 0) is 50.1 Å². The van der Waals surface area contributed by atoms with Crippen molar-refractivity contribution in [2.24, 2.45) is 0 Å². The zero-order chi connectivity index (χ0) is 25.6. The number of fused-ring (bicyclic) bond motifs is 3. The van der Waals surface area contributed by atoms with E-state index < -0.39 is 38.8 Å². The molecule has 0 bridgehead atoms. The number of benzene rings is 1. The van der Waals surface area contributed by atoms with Crippen LogP contribution in [0.5, 0.6) is 11.5 Å². The van der Waals surface area contributed by atoms with E-state index in [1.54, 1.807) is 25.1 Å². The number of ether oxygens (including phenoxy) is 2. The Bertz CT molecular complexity index is 1270. The molecule has 0 unspecified atom stereocenters. The third-order valence-corrected chi connectivity index (χ3v) is 8.32. The maximum Gasteiger partial charge on any atom is 0.573 e. The number of hydrogen-bond donors (Lipinski definition) is 3. The SMILES string of the molecule is CN1C(=N)N[C@]2(C)c3cc(NC(=O)c4ccc(OC(F)(F)F)cn4)ccc3OCCC[C@@H]2S1(=O)=O. The van der Waals surface area contributed by atoms with Gasteiger partial charge in [0.25, 0.3) is 5.91 Å². The Morgan fingerprint density at radius 3 is 2.74 bits per heavy atom. The number of rotatable bonds is 3. The second-order valence-electron chi connectivity index (χ2n) is 8.26. The Morgan fingerprint density at radius 2 is 2.09 bits per heavy atom. The van der Waals surface area contributed by atoms with Gasteiger partial charge < -0.3 is 20.1 Å². The van der Waals surface area contributed by atoms with Crippen LogP contribution in [-0.2, 0) is 15.6 Å². The number of hydrogen-bond acceptors (Lipinski definition) is 7. The van der Waals surface area contributed by atoms with Gasteiger partial charge in [-0.25, -0.2) is 17.7 Å². The fraction of sp³-hybridized carbons (Fsp3) is 0.381. The molecule has 1 aromatic carbocycles.